The van der Waals surface area contributed by atoms with Gasteiger partial charge in [-0.2, -0.15) is 5.10 Å². The van der Waals surface area contributed by atoms with Crippen LogP contribution in [0.25, 0.3) is 11.3 Å². The Bertz CT molecular complexity index is 486. The highest BCUT2D eigenvalue weighted by molar-refractivity contribution is 5.62. The number of aromatic amines is 1. The van der Waals surface area contributed by atoms with Gasteiger partial charge in [-0.25, -0.2) is 0 Å². The van der Waals surface area contributed by atoms with Gasteiger partial charge in [-0.1, -0.05) is 30.3 Å². The molecule has 2 heterocycles. The van der Waals surface area contributed by atoms with E-state index in [9.17, 15) is 0 Å². The van der Waals surface area contributed by atoms with Gasteiger partial charge in [0.25, 0.3) is 0 Å². The Morgan fingerprint density at radius 3 is 2.67 bits per heavy atom. The fraction of sp³-hybridized carbons (Fsp3) is 0.357. The van der Waals surface area contributed by atoms with E-state index in [1.165, 1.54) is 5.56 Å². The van der Waals surface area contributed by atoms with Crippen molar-refractivity contribution in [1.82, 2.24) is 15.5 Å². The number of nitrogens with zero attached hydrogens (tertiary/aromatic N) is 1. The molecule has 0 aliphatic carbocycles. The molecule has 3 N–H and O–H groups in total. The smallest absolute Gasteiger partial charge is 0.148 e. The van der Waals surface area contributed by atoms with Crippen LogP contribution in [-0.2, 0) is 0 Å². The van der Waals surface area contributed by atoms with Crippen LogP contribution in [0.5, 0.6) is 0 Å². The van der Waals surface area contributed by atoms with Crippen molar-refractivity contribution in [2.45, 2.75) is 18.9 Å². The molecule has 0 unspecified atom stereocenters. The molecule has 1 aromatic heterocycles. The summed E-state index contributed by atoms with van der Waals surface area (Å²) in [5, 5.41) is 14.3. The van der Waals surface area contributed by atoms with E-state index in [0.717, 1.165) is 37.4 Å². The van der Waals surface area contributed by atoms with Crippen molar-refractivity contribution < 1.29 is 0 Å². The molecule has 18 heavy (non-hydrogen) atoms. The highest BCUT2D eigenvalue weighted by atomic mass is 15.2. The number of hydrogen-bond donors (Lipinski definition) is 3. The van der Waals surface area contributed by atoms with Crippen LogP contribution in [0.4, 0.5) is 5.82 Å². The number of aromatic nitrogens is 2. The fourth-order valence-corrected chi connectivity index (χ4v) is 2.34. The Morgan fingerprint density at radius 1 is 1.11 bits per heavy atom. The molecule has 1 aliphatic rings. The van der Waals surface area contributed by atoms with Crippen LogP contribution in [-0.4, -0.2) is 29.3 Å². The summed E-state index contributed by atoms with van der Waals surface area (Å²) in [5.74, 6) is 0.945. The lowest BCUT2D eigenvalue weighted by molar-refractivity contribution is 0.478. The minimum atomic E-state index is 0.540. The number of nitrogens with one attached hydrogen (secondary N) is 3. The summed E-state index contributed by atoms with van der Waals surface area (Å²) in [6.45, 7) is 2.18. The first-order chi connectivity index (χ1) is 8.92. The van der Waals surface area contributed by atoms with Gasteiger partial charge >= 0.3 is 0 Å². The zero-order valence-corrected chi connectivity index (χ0v) is 10.3. The average Bonchev–Trinajstić information content (AvgIpc) is 2.89. The molecule has 0 amide bonds. The van der Waals surface area contributed by atoms with Crippen LogP contribution in [0.15, 0.2) is 36.4 Å². The zero-order chi connectivity index (χ0) is 12.2. The zero-order valence-electron chi connectivity index (χ0n) is 10.3. The standard InChI is InChI=1S/C14H18N4/c1-2-4-11(5-3-1)13-10-14(18-17-13)16-12-6-8-15-9-7-12/h1-5,10,12,15H,6-9H2,(H2,16,17,18). The number of rotatable bonds is 3. The number of piperidine rings is 1. The van der Waals surface area contributed by atoms with Gasteiger partial charge in [0.05, 0.1) is 5.69 Å². The Hall–Kier alpha value is -1.81. The van der Waals surface area contributed by atoms with Gasteiger partial charge in [-0.05, 0) is 31.5 Å². The lowest BCUT2D eigenvalue weighted by atomic mass is 10.1. The van der Waals surface area contributed by atoms with Crippen molar-refractivity contribution in [2.24, 2.45) is 0 Å². The third-order valence-electron chi connectivity index (χ3n) is 3.35. The molecule has 3 rings (SSSR count). The van der Waals surface area contributed by atoms with Crippen molar-refractivity contribution in [2.75, 3.05) is 18.4 Å². The maximum Gasteiger partial charge on any atom is 0.148 e. The fourth-order valence-electron chi connectivity index (χ4n) is 2.34. The number of anilines is 1. The van der Waals surface area contributed by atoms with Crippen LogP contribution < -0.4 is 10.6 Å². The van der Waals surface area contributed by atoms with Crippen LogP contribution >= 0.6 is 0 Å². The first kappa shape index (κ1) is 11.3. The number of hydrogen-bond acceptors (Lipinski definition) is 3. The largest absolute Gasteiger partial charge is 0.366 e. The van der Waals surface area contributed by atoms with Crippen LogP contribution in [0.1, 0.15) is 12.8 Å². The van der Waals surface area contributed by atoms with Gasteiger partial charge in [-0.15, -0.1) is 0 Å². The third kappa shape index (κ3) is 2.54. The maximum absolute atomic E-state index is 4.33. The summed E-state index contributed by atoms with van der Waals surface area (Å²) in [6.07, 6.45) is 2.32. The van der Waals surface area contributed by atoms with Gasteiger partial charge in [0.15, 0.2) is 0 Å². The van der Waals surface area contributed by atoms with Crippen molar-refractivity contribution >= 4 is 5.82 Å². The number of benzene rings is 1. The second-order valence-corrected chi connectivity index (χ2v) is 4.70. The summed E-state index contributed by atoms with van der Waals surface area (Å²) < 4.78 is 0. The van der Waals surface area contributed by atoms with Crippen LogP contribution in [0.3, 0.4) is 0 Å². The predicted molar refractivity (Wildman–Crippen MR) is 73.5 cm³/mol. The Morgan fingerprint density at radius 2 is 1.89 bits per heavy atom. The predicted octanol–water partition coefficient (Wildman–Crippen LogP) is 2.24. The van der Waals surface area contributed by atoms with Gasteiger partial charge in [-0.3, -0.25) is 5.10 Å². The van der Waals surface area contributed by atoms with Crippen molar-refractivity contribution in [3.05, 3.63) is 36.4 Å². The van der Waals surface area contributed by atoms with E-state index >= 15 is 0 Å². The molecular formula is C14H18N4. The highest BCUT2D eigenvalue weighted by Gasteiger charge is 2.13. The molecule has 1 aliphatic heterocycles. The Labute approximate surface area is 107 Å². The van der Waals surface area contributed by atoms with E-state index in [1.54, 1.807) is 0 Å². The quantitative estimate of drug-likeness (QED) is 0.773. The van der Waals surface area contributed by atoms with Crippen molar-refractivity contribution in [3.8, 4) is 11.3 Å². The van der Waals surface area contributed by atoms with Gasteiger partial charge < -0.3 is 10.6 Å². The average molecular weight is 242 g/mol. The first-order valence-electron chi connectivity index (χ1n) is 6.50. The normalized spacial score (nSPS) is 16.7. The lowest BCUT2D eigenvalue weighted by Crippen LogP contribution is -2.35. The second kappa shape index (κ2) is 5.23. The molecule has 0 bridgehead atoms. The summed E-state index contributed by atoms with van der Waals surface area (Å²) in [6, 6.07) is 12.9. The Balaban J connectivity index is 1.69. The Kier molecular flexibility index (Phi) is 3.28. The molecule has 1 saturated heterocycles. The van der Waals surface area contributed by atoms with Crippen LogP contribution in [0, 0.1) is 0 Å². The van der Waals surface area contributed by atoms with E-state index in [2.05, 4.69) is 39.0 Å². The summed E-state index contributed by atoms with van der Waals surface area (Å²) >= 11 is 0. The molecule has 1 fully saturated rings. The molecule has 0 saturated carbocycles. The second-order valence-electron chi connectivity index (χ2n) is 4.70. The summed E-state index contributed by atoms with van der Waals surface area (Å²) in [4.78, 5) is 0. The highest BCUT2D eigenvalue weighted by Crippen LogP contribution is 2.20. The first-order valence-corrected chi connectivity index (χ1v) is 6.50. The van der Waals surface area contributed by atoms with Crippen molar-refractivity contribution in [1.29, 1.82) is 0 Å². The number of H-pyrrole nitrogens is 1. The van der Waals surface area contributed by atoms with E-state index in [4.69, 9.17) is 0 Å². The van der Waals surface area contributed by atoms with Gasteiger partial charge in [0.2, 0.25) is 0 Å². The van der Waals surface area contributed by atoms with E-state index in [1.807, 2.05) is 18.2 Å². The van der Waals surface area contributed by atoms with Gasteiger partial charge in [0, 0.05) is 12.1 Å². The topological polar surface area (TPSA) is 52.7 Å². The van der Waals surface area contributed by atoms with Crippen molar-refractivity contribution in [3.63, 3.8) is 0 Å². The van der Waals surface area contributed by atoms with Crippen LogP contribution in [0.2, 0.25) is 0 Å². The van der Waals surface area contributed by atoms with E-state index in [-0.39, 0.29) is 0 Å². The minimum absolute atomic E-state index is 0.540. The maximum atomic E-state index is 4.33. The minimum Gasteiger partial charge on any atom is -0.366 e. The molecule has 1 aromatic carbocycles. The van der Waals surface area contributed by atoms with E-state index < -0.39 is 0 Å². The molecule has 0 spiro atoms. The molecule has 4 nitrogen and oxygen atoms in total. The molecule has 4 heteroatoms. The summed E-state index contributed by atoms with van der Waals surface area (Å²) in [5.41, 5.74) is 2.23. The molecule has 0 radical (unpaired) electrons. The lowest BCUT2D eigenvalue weighted by Gasteiger charge is -2.23. The van der Waals surface area contributed by atoms with Gasteiger partial charge in [0.1, 0.15) is 5.82 Å². The molecule has 94 valence electrons. The SMILES string of the molecule is c1ccc(-c2cc(NC3CCNCC3)n[nH]2)cc1. The third-order valence-corrected chi connectivity index (χ3v) is 3.35. The summed E-state index contributed by atoms with van der Waals surface area (Å²) in [7, 11) is 0. The monoisotopic (exact) mass is 242 g/mol. The molecule has 2 aromatic rings. The van der Waals surface area contributed by atoms with E-state index in [0.29, 0.717) is 6.04 Å². The molecule has 0 atom stereocenters. The molecular weight excluding hydrogens is 224 g/mol.